The van der Waals surface area contributed by atoms with Crippen molar-refractivity contribution in [3.63, 3.8) is 0 Å². The predicted molar refractivity (Wildman–Crippen MR) is 67.9 cm³/mol. The highest BCUT2D eigenvalue weighted by Gasteiger charge is 2.23. The number of fused-ring (bicyclic) bond motifs is 1. The van der Waals surface area contributed by atoms with Gasteiger partial charge < -0.3 is 9.30 Å². The van der Waals surface area contributed by atoms with E-state index in [1.807, 2.05) is 24.3 Å². The first-order valence-corrected chi connectivity index (χ1v) is 6.08. The molecule has 0 aliphatic carbocycles. The van der Waals surface area contributed by atoms with Gasteiger partial charge in [-0.1, -0.05) is 18.2 Å². The Hall–Kier alpha value is -1.61. The van der Waals surface area contributed by atoms with Crippen molar-refractivity contribution in [1.82, 2.24) is 9.55 Å². The molecule has 0 spiro atoms. The average molecular weight is 228 g/mol. The number of benzene rings is 1. The Morgan fingerprint density at radius 1 is 1.47 bits per heavy atom. The maximum absolute atomic E-state index is 5.74. The molecule has 3 nitrogen and oxygen atoms in total. The van der Waals surface area contributed by atoms with Gasteiger partial charge >= 0.3 is 0 Å². The molecule has 1 saturated heterocycles. The van der Waals surface area contributed by atoms with Crippen LogP contribution in [0.25, 0.3) is 11.0 Å². The third kappa shape index (κ3) is 1.76. The standard InChI is InChI=1S/C14H16N2O/c1-2-9-16-12-7-4-3-6-11(12)15-14(16)13-8-5-10-17-13/h2-4,6-7,13H,1,5,8-10H2/t13-/m1/s1. The van der Waals surface area contributed by atoms with E-state index in [0.717, 1.165) is 42.9 Å². The van der Waals surface area contributed by atoms with Crippen LogP contribution in [0.4, 0.5) is 0 Å². The number of imidazole rings is 1. The summed E-state index contributed by atoms with van der Waals surface area (Å²) in [6, 6.07) is 8.22. The fraction of sp³-hybridized carbons (Fsp3) is 0.357. The van der Waals surface area contributed by atoms with Gasteiger partial charge in [0.05, 0.1) is 11.0 Å². The monoisotopic (exact) mass is 228 g/mol. The van der Waals surface area contributed by atoms with E-state index in [4.69, 9.17) is 9.72 Å². The molecule has 1 atom stereocenters. The van der Waals surface area contributed by atoms with E-state index in [0.29, 0.717) is 0 Å². The first-order chi connectivity index (χ1) is 8.40. The Bertz CT molecular complexity index is 538. The van der Waals surface area contributed by atoms with Crippen molar-refractivity contribution in [2.75, 3.05) is 6.61 Å². The molecular weight excluding hydrogens is 212 g/mol. The van der Waals surface area contributed by atoms with Crippen LogP contribution in [0, 0.1) is 0 Å². The second-order valence-corrected chi connectivity index (χ2v) is 4.36. The molecule has 0 N–H and O–H groups in total. The summed E-state index contributed by atoms with van der Waals surface area (Å²) in [5, 5.41) is 0. The molecule has 0 amide bonds. The van der Waals surface area contributed by atoms with Crippen molar-refractivity contribution >= 4 is 11.0 Å². The van der Waals surface area contributed by atoms with Gasteiger partial charge in [-0.2, -0.15) is 0 Å². The van der Waals surface area contributed by atoms with Crippen LogP contribution in [0.1, 0.15) is 24.8 Å². The molecule has 0 radical (unpaired) electrons. The third-order valence-electron chi connectivity index (χ3n) is 3.21. The van der Waals surface area contributed by atoms with Crippen molar-refractivity contribution in [3.05, 3.63) is 42.7 Å². The third-order valence-corrected chi connectivity index (χ3v) is 3.21. The van der Waals surface area contributed by atoms with E-state index in [1.165, 1.54) is 0 Å². The van der Waals surface area contributed by atoms with Gasteiger partial charge in [0.1, 0.15) is 11.9 Å². The quantitative estimate of drug-likeness (QED) is 0.755. The highest BCUT2D eigenvalue weighted by atomic mass is 16.5. The highest BCUT2D eigenvalue weighted by Crippen LogP contribution is 2.30. The largest absolute Gasteiger partial charge is 0.370 e. The molecule has 0 bridgehead atoms. The topological polar surface area (TPSA) is 27.1 Å². The molecule has 3 rings (SSSR count). The number of allylic oxidation sites excluding steroid dienone is 1. The van der Waals surface area contributed by atoms with Gasteiger partial charge in [-0.15, -0.1) is 6.58 Å². The average Bonchev–Trinajstić information content (AvgIpc) is 2.97. The van der Waals surface area contributed by atoms with Crippen LogP contribution in [0.2, 0.25) is 0 Å². The number of rotatable bonds is 3. The minimum atomic E-state index is 0.155. The Balaban J connectivity index is 2.14. The van der Waals surface area contributed by atoms with E-state index in [-0.39, 0.29) is 6.10 Å². The molecule has 3 heteroatoms. The number of ether oxygens (including phenoxy) is 1. The summed E-state index contributed by atoms with van der Waals surface area (Å²) >= 11 is 0. The van der Waals surface area contributed by atoms with E-state index in [1.54, 1.807) is 0 Å². The Morgan fingerprint density at radius 2 is 2.35 bits per heavy atom. The van der Waals surface area contributed by atoms with Crippen molar-refractivity contribution < 1.29 is 4.74 Å². The summed E-state index contributed by atoms with van der Waals surface area (Å²) in [6.45, 7) is 5.46. The van der Waals surface area contributed by atoms with Gasteiger partial charge in [-0.05, 0) is 25.0 Å². The molecular formula is C14H16N2O. The summed E-state index contributed by atoms with van der Waals surface area (Å²) in [7, 11) is 0. The van der Waals surface area contributed by atoms with Gasteiger partial charge in [0.2, 0.25) is 0 Å². The number of hydrogen-bond donors (Lipinski definition) is 0. The molecule has 1 aliphatic rings. The lowest BCUT2D eigenvalue weighted by Gasteiger charge is -2.11. The molecule has 0 saturated carbocycles. The van der Waals surface area contributed by atoms with Gasteiger partial charge in [0.25, 0.3) is 0 Å². The lowest BCUT2D eigenvalue weighted by molar-refractivity contribution is 0.103. The molecule has 17 heavy (non-hydrogen) atoms. The predicted octanol–water partition coefficient (Wildman–Crippen LogP) is 3.07. The zero-order valence-corrected chi connectivity index (χ0v) is 9.80. The lowest BCUT2D eigenvalue weighted by Crippen LogP contribution is -2.07. The maximum Gasteiger partial charge on any atom is 0.139 e. The zero-order valence-electron chi connectivity index (χ0n) is 9.80. The van der Waals surface area contributed by atoms with Crippen LogP contribution in [0.5, 0.6) is 0 Å². The van der Waals surface area contributed by atoms with Crippen LogP contribution in [0.3, 0.4) is 0 Å². The summed E-state index contributed by atoms with van der Waals surface area (Å²) in [4.78, 5) is 4.70. The number of nitrogens with zero attached hydrogens (tertiary/aromatic N) is 2. The lowest BCUT2D eigenvalue weighted by atomic mass is 10.2. The van der Waals surface area contributed by atoms with Crippen molar-refractivity contribution in [3.8, 4) is 0 Å². The van der Waals surface area contributed by atoms with E-state index in [2.05, 4.69) is 17.2 Å². The summed E-state index contributed by atoms with van der Waals surface area (Å²) in [5.41, 5.74) is 2.21. The Morgan fingerprint density at radius 3 is 3.12 bits per heavy atom. The van der Waals surface area contributed by atoms with E-state index in [9.17, 15) is 0 Å². The van der Waals surface area contributed by atoms with E-state index < -0.39 is 0 Å². The van der Waals surface area contributed by atoms with Crippen molar-refractivity contribution in [1.29, 1.82) is 0 Å². The minimum absolute atomic E-state index is 0.155. The second-order valence-electron chi connectivity index (χ2n) is 4.36. The van der Waals surface area contributed by atoms with Gasteiger partial charge in [-0.25, -0.2) is 4.98 Å². The first kappa shape index (κ1) is 10.5. The fourth-order valence-corrected chi connectivity index (χ4v) is 2.44. The number of aromatic nitrogens is 2. The zero-order chi connectivity index (χ0) is 11.7. The summed E-state index contributed by atoms with van der Waals surface area (Å²) < 4.78 is 7.94. The molecule has 0 unspecified atom stereocenters. The first-order valence-electron chi connectivity index (χ1n) is 6.08. The van der Waals surface area contributed by atoms with Crippen LogP contribution in [-0.4, -0.2) is 16.2 Å². The molecule has 1 aliphatic heterocycles. The van der Waals surface area contributed by atoms with Crippen LogP contribution >= 0.6 is 0 Å². The molecule has 1 fully saturated rings. The molecule has 1 aromatic carbocycles. The Labute approximate surface area is 101 Å². The second kappa shape index (κ2) is 4.34. The highest BCUT2D eigenvalue weighted by molar-refractivity contribution is 5.76. The SMILES string of the molecule is C=CCn1c([C@H]2CCCO2)nc2ccccc21. The van der Waals surface area contributed by atoms with Crippen LogP contribution in [-0.2, 0) is 11.3 Å². The summed E-state index contributed by atoms with van der Waals surface area (Å²) in [6.07, 6.45) is 4.26. The molecule has 2 aromatic rings. The fourth-order valence-electron chi connectivity index (χ4n) is 2.44. The Kier molecular flexibility index (Phi) is 2.69. The maximum atomic E-state index is 5.74. The minimum Gasteiger partial charge on any atom is -0.370 e. The molecule has 1 aromatic heterocycles. The number of hydrogen-bond acceptors (Lipinski definition) is 2. The van der Waals surface area contributed by atoms with Gasteiger partial charge in [-0.3, -0.25) is 0 Å². The summed E-state index contributed by atoms with van der Waals surface area (Å²) in [5.74, 6) is 1.05. The van der Waals surface area contributed by atoms with Crippen molar-refractivity contribution in [2.24, 2.45) is 0 Å². The van der Waals surface area contributed by atoms with Crippen LogP contribution in [0.15, 0.2) is 36.9 Å². The van der Waals surface area contributed by atoms with Crippen LogP contribution < -0.4 is 0 Å². The normalized spacial score (nSPS) is 19.9. The molecule has 2 heterocycles. The molecule has 88 valence electrons. The van der Waals surface area contributed by atoms with Crippen molar-refractivity contribution in [2.45, 2.75) is 25.5 Å². The van der Waals surface area contributed by atoms with Gasteiger partial charge in [0.15, 0.2) is 0 Å². The smallest absolute Gasteiger partial charge is 0.139 e. The number of para-hydroxylation sites is 2. The van der Waals surface area contributed by atoms with Gasteiger partial charge in [0, 0.05) is 13.2 Å². The van der Waals surface area contributed by atoms with E-state index >= 15 is 0 Å².